The summed E-state index contributed by atoms with van der Waals surface area (Å²) >= 11 is 0. The van der Waals surface area contributed by atoms with Gasteiger partial charge in [0, 0.05) is 18.8 Å². The van der Waals surface area contributed by atoms with Gasteiger partial charge < -0.3 is 0 Å². The van der Waals surface area contributed by atoms with Gasteiger partial charge in [-0.25, -0.2) is 0 Å². The van der Waals surface area contributed by atoms with E-state index in [1.165, 1.54) is 24.8 Å². The summed E-state index contributed by atoms with van der Waals surface area (Å²) in [7, 11) is 1.95. The van der Waals surface area contributed by atoms with Crippen molar-refractivity contribution in [2.45, 2.75) is 25.3 Å². The van der Waals surface area contributed by atoms with E-state index < -0.39 is 0 Å². The summed E-state index contributed by atoms with van der Waals surface area (Å²) in [6, 6.07) is 0.314. The zero-order chi connectivity index (χ0) is 10.4. The molecule has 1 aromatic heterocycles. The molecule has 2 fully saturated rings. The average Bonchev–Trinajstić information content (AvgIpc) is 2.67. The quantitative estimate of drug-likeness (QED) is 0.572. The highest BCUT2D eigenvalue weighted by Gasteiger charge is 2.56. The normalized spacial score (nSPS) is 35.2. The molecule has 0 bridgehead atoms. The van der Waals surface area contributed by atoms with Crippen molar-refractivity contribution in [1.82, 2.24) is 15.2 Å². The summed E-state index contributed by atoms with van der Waals surface area (Å²) in [5.41, 5.74) is 4.20. The van der Waals surface area contributed by atoms with E-state index in [0.717, 1.165) is 17.8 Å². The number of nitrogens with zero attached hydrogens (tertiary/aromatic N) is 2. The van der Waals surface area contributed by atoms with Gasteiger partial charge in [-0.2, -0.15) is 5.10 Å². The predicted molar refractivity (Wildman–Crippen MR) is 57.6 cm³/mol. The van der Waals surface area contributed by atoms with Gasteiger partial charge >= 0.3 is 0 Å². The minimum Gasteiger partial charge on any atom is -0.275 e. The molecule has 15 heavy (non-hydrogen) atoms. The largest absolute Gasteiger partial charge is 0.275 e. The van der Waals surface area contributed by atoms with Gasteiger partial charge in [-0.3, -0.25) is 16.0 Å². The third-order valence-electron chi connectivity index (χ3n) is 4.12. The van der Waals surface area contributed by atoms with Crippen molar-refractivity contribution in [2.24, 2.45) is 30.6 Å². The number of aryl methyl sites for hydroxylation is 1. The van der Waals surface area contributed by atoms with Crippen LogP contribution in [0.15, 0.2) is 12.4 Å². The molecule has 4 heteroatoms. The van der Waals surface area contributed by atoms with Crippen molar-refractivity contribution >= 4 is 0 Å². The number of hydrogen-bond acceptors (Lipinski definition) is 3. The molecule has 0 aliphatic heterocycles. The zero-order valence-corrected chi connectivity index (χ0v) is 9.06. The van der Waals surface area contributed by atoms with Crippen molar-refractivity contribution in [1.29, 1.82) is 0 Å². The summed E-state index contributed by atoms with van der Waals surface area (Å²) in [6.07, 6.45) is 8.20. The Bertz CT molecular complexity index is 349. The lowest BCUT2D eigenvalue weighted by Gasteiger charge is -2.15. The smallest absolute Gasteiger partial charge is 0.0538 e. The van der Waals surface area contributed by atoms with Crippen molar-refractivity contribution in [3.8, 4) is 0 Å². The molecule has 0 saturated heterocycles. The molecule has 0 spiro atoms. The summed E-state index contributed by atoms with van der Waals surface area (Å²) in [6.45, 7) is 0. The van der Waals surface area contributed by atoms with Gasteiger partial charge in [-0.1, -0.05) is 6.42 Å². The maximum absolute atomic E-state index is 5.67. The molecule has 0 radical (unpaired) electrons. The van der Waals surface area contributed by atoms with Crippen molar-refractivity contribution in [3.63, 3.8) is 0 Å². The number of aromatic nitrogens is 2. The predicted octanol–water partition coefficient (Wildman–Crippen LogP) is 0.971. The molecule has 82 valence electrons. The minimum absolute atomic E-state index is 0.314. The molecule has 3 rings (SSSR count). The Morgan fingerprint density at radius 1 is 1.53 bits per heavy atom. The van der Waals surface area contributed by atoms with Crippen LogP contribution in [0, 0.1) is 17.8 Å². The van der Waals surface area contributed by atoms with E-state index in [0.29, 0.717) is 6.04 Å². The van der Waals surface area contributed by atoms with E-state index in [9.17, 15) is 0 Å². The van der Waals surface area contributed by atoms with Gasteiger partial charge in [0.25, 0.3) is 0 Å². The molecule has 1 aromatic rings. The molecule has 4 nitrogen and oxygen atoms in total. The van der Waals surface area contributed by atoms with Crippen LogP contribution in [0.4, 0.5) is 0 Å². The van der Waals surface area contributed by atoms with E-state index in [1.54, 1.807) is 0 Å². The van der Waals surface area contributed by atoms with Gasteiger partial charge in [0.1, 0.15) is 0 Å². The first-order valence-corrected chi connectivity index (χ1v) is 5.76. The first kappa shape index (κ1) is 9.36. The summed E-state index contributed by atoms with van der Waals surface area (Å²) in [4.78, 5) is 0. The van der Waals surface area contributed by atoms with Crippen LogP contribution in [-0.2, 0) is 7.05 Å². The number of rotatable bonds is 3. The van der Waals surface area contributed by atoms with Crippen LogP contribution in [-0.4, -0.2) is 9.78 Å². The molecule has 2 saturated carbocycles. The van der Waals surface area contributed by atoms with Gasteiger partial charge in [0.15, 0.2) is 0 Å². The molecule has 3 unspecified atom stereocenters. The third-order valence-corrected chi connectivity index (χ3v) is 4.12. The highest BCUT2D eigenvalue weighted by molar-refractivity contribution is 5.18. The van der Waals surface area contributed by atoms with E-state index >= 15 is 0 Å². The van der Waals surface area contributed by atoms with Crippen LogP contribution in [0.25, 0.3) is 0 Å². The minimum atomic E-state index is 0.314. The second-order valence-electron chi connectivity index (χ2n) is 4.93. The lowest BCUT2D eigenvalue weighted by Crippen LogP contribution is -2.30. The fourth-order valence-corrected chi connectivity index (χ4v) is 3.40. The van der Waals surface area contributed by atoms with Crippen molar-refractivity contribution in [3.05, 3.63) is 18.0 Å². The summed E-state index contributed by atoms with van der Waals surface area (Å²) in [5, 5.41) is 4.21. The Labute approximate surface area is 89.8 Å². The van der Waals surface area contributed by atoms with Crippen LogP contribution >= 0.6 is 0 Å². The standard InChI is InChI=1S/C11H18N4/c1-15-6-7(5-13-15)11(14-12)10-8-3-2-4-9(8)10/h5-6,8-11,14H,2-4,12H2,1H3. The molecule has 3 N–H and O–H groups in total. The Morgan fingerprint density at radius 3 is 2.80 bits per heavy atom. The van der Waals surface area contributed by atoms with E-state index in [4.69, 9.17) is 5.84 Å². The summed E-state index contributed by atoms with van der Waals surface area (Å²) in [5.74, 6) is 8.27. The number of fused-ring (bicyclic) bond motifs is 1. The lowest BCUT2D eigenvalue weighted by molar-refractivity contribution is 0.425. The zero-order valence-electron chi connectivity index (χ0n) is 9.06. The Balaban J connectivity index is 1.78. The Kier molecular flexibility index (Phi) is 2.07. The second-order valence-corrected chi connectivity index (χ2v) is 4.93. The van der Waals surface area contributed by atoms with Crippen molar-refractivity contribution < 1.29 is 0 Å². The summed E-state index contributed by atoms with van der Waals surface area (Å²) < 4.78 is 1.85. The number of nitrogens with one attached hydrogen (secondary N) is 1. The number of hydrazine groups is 1. The third kappa shape index (κ3) is 1.40. The molecule has 3 atom stereocenters. The van der Waals surface area contributed by atoms with Gasteiger partial charge in [0.2, 0.25) is 0 Å². The van der Waals surface area contributed by atoms with Crippen LogP contribution < -0.4 is 11.3 Å². The fourth-order valence-electron chi connectivity index (χ4n) is 3.40. The van der Waals surface area contributed by atoms with Gasteiger partial charge in [0.05, 0.1) is 12.2 Å². The fraction of sp³-hybridized carbons (Fsp3) is 0.727. The van der Waals surface area contributed by atoms with Crippen LogP contribution in [0.1, 0.15) is 30.9 Å². The molecular formula is C11H18N4. The first-order valence-electron chi connectivity index (χ1n) is 5.76. The highest BCUT2D eigenvalue weighted by atomic mass is 15.3. The average molecular weight is 206 g/mol. The number of nitrogens with two attached hydrogens (primary N) is 1. The molecule has 1 heterocycles. The van der Waals surface area contributed by atoms with E-state index in [1.807, 2.05) is 17.9 Å². The maximum atomic E-state index is 5.67. The van der Waals surface area contributed by atoms with E-state index in [2.05, 4.69) is 16.7 Å². The first-order chi connectivity index (χ1) is 7.31. The topological polar surface area (TPSA) is 55.9 Å². The number of hydrogen-bond donors (Lipinski definition) is 2. The molecule has 0 aromatic carbocycles. The molecular weight excluding hydrogens is 188 g/mol. The SMILES string of the molecule is Cn1cc(C(NN)C2C3CCCC32)cn1. The van der Waals surface area contributed by atoms with Crippen LogP contribution in [0.5, 0.6) is 0 Å². The van der Waals surface area contributed by atoms with Gasteiger partial charge in [-0.05, 0) is 30.6 Å². The van der Waals surface area contributed by atoms with Crippen LogP contribution in [0.2, 0.25) is 0 Å². The highest BCUT2D eigenvalue weighted by Crippen LogP contribution is 2.61. The van der Waals surface area contributed by atoms with E-state index in [-0.39, 0.29) is 0 Å². The Hall–Kier alpha value is -0.870. The lowest BCUT2D eigenvalue weighted by atomic mass is 10.0. The second kappa shape index (κ2) is 3.32. The van der Waals surface area contributed by atoms with Crippen molar-refractivity contribution in [2.75, 3.05) is 0 Å². The molecule has 2 aliphatic carbocycles. The Morgan fingerprint density at radius 2 is 2.27 bits per heavy atom. The molecule has 2 aliphatic rings. The molecule has 0 amide bonds. The van der Waals surface area contributed by atoms with Crippen LogP contribution in [0.3, 0.4) is 0 Å². The van der Waals surface area contributed by atoms with Gasteiger partial charge in [-0.15, -0.1) is 0 Å². The monoisotopic (exact) mass is 206 g/mol. The maximum Gasteiger partial charge on any atom is 0.0538 e.